The maximum Gasteiger partial charge on any atom is 0.353 e. The Balaban J connectivity index is 1.27. The van der Waals surface area contributed by atoms with Crippen molar-refractivity contribution in [1.82, 2.24) is 15.2 Å². The lowest BCUT2D eigenvalue weighted by atomic mass is 9.94. The number of nitrogens with zero attached hydrogens (tertiary/aromatic N) is 4. The molecule has 4 N–H and O–H groups in total. The lowest BCUT2D eigenvalue weighted by Gasteiger charge is -2.49. The van der Waals surface area contributed by atoms with E-state index < -0.39 is 29.9 Å². The van der Waals surface area contributed by atoms with E-state index in [2.05, 4.69) is 37.5 Å². The number of hydrogen-bond donors (Lipinski definition) is 3. The Labute approximate surface area is 235 Å². The predicted octanol–water partition coefficient (Wildman–Crippen LogP) is 2.13. The Hall–Kier alpha value is -4.01. The first-order valence-corrected chi connectivity index (χ1v) is 14.4. The normalized spacial score (nSPS) is 19.6. The van der Waals surface area contributed by atoms with Crippen LogP contribution >= 0.6 is 34.4 Å². The zero-order valence-corrected chi connectivity index (χ0v) is 23.0. The van der Waals surface area contributed by atoms with E-state index in [0.717, 1.165) is 11.3 Å². The number of β-lactam (4-membered cyclic amide) rings is 1. The Morgan fingerprint density at radius 3 is 2.95 bits per heavy atom. The minimum absolute atomic E-state index is 0.104. The number of oxime groups is 1. The van der Waals surface area contributed by atoms with Gasteiger partial charge in [-0.05, 0) is 29.7 Å². The van der Waals surface area contributed by atoms with Crippen molar-refractivity contribution >= 4 is 73.3 Å². The zero-order chi connectivity index (χ0) is 27.5. The number of nitrogens with one attached hydrogen (secondary N) is 1. The molecule has 3 aromatic heterocycles. The highest BCUT2D eigenvalue weighted by Gasteiger charge is 2.54. The molecular weight excluding hydrogens is 561 g/mol. The fraction of sp³-hybridized carbons (Fsp3) is 0.200. The van der Waals surface area contributed by atoms with Gasteiger partial charge in [-0.1, -0.05) is 28.6 Å². The molecule has 5 rings (SSSR count). The number of carboxylic acid groups (broad SMARTS) is 1. The van der Waals surface area contributed by atoms with Crippen molar-refractivity contribution in [2.75, 3.05) is 18.6 Å². The number of thiophene rings is 1. The summed E-state index contributed by atoms with van der Waals surface area (Å²) in [4.78, 5) is 49.7. The molecule has 2 atom stereocenters. The third kappa shape index (κ3) is 5.30. The van der Waals surface area contributed by atoms with E-state index in [4.69, 9.17) is 10.6 Å². The molecule has 200 valence electrons. The lowest BCUT2D eigenvalue weighted by Crippen LogP contribution is -2.72. The van der Waals surface area contributed by atoms with E-state index in [0.29, 0.717) is 17.2 Å². The summed E-state index contributed by atoms with van der Waals surface area (Å²) in [5.74, 6) is -1.98. The molecule has 0 bridgehead atoms. The molecular formula is C25H23N6O5S3+. The summed E-state index contributed by atoms with van der Waals surface area (Å²) in [5, 5.41) is 21.3. The van der Waals surface area contributed by atoms with Crippen LogP contribution in [0.25, 0.3) is 10.2 Å². The number of amides is 2. The molecule has 0 aliphatic carbocycles. The number of aliphatic carboxylic acids is 1. The summed E-state index contributed by atoms with van der Waals surface area (Å²) in [6.07, 6.45) is 9.28. The molecule has 5 heterocycles. The van der Waals surface area contributed by atoms with Crippen LogP contribution in [-0.2, 0) is 25.8 Å². The minimum Gasteiger partial charge on any atom is -0.477 e. The maximum atomic E-state index is 13.0. The quantitative estimate of drug-likeness (QED) is 0.114. The van der Waals surface area contributed by atoms with Crippen molar-refractivity contribution in [1.29, 1.82) is 0 Å². The molecule has 0 spiro atoms. The summed E-state index contributed by atoms with van der Waals surface area (Å²) >= 11 is 4.12. The van der Waals surface area contributed by atoms with E-state index in [1.54, 1.807) is 28.9 Å². The Bertz CT molecular complexity index is 1570. The first kappa shape index (κ1) is 26.6. The van der Waals surface area contributed by atoms with Crippen LogP contribution in [0.2, 0.25) is 0 Å². The van der Waals surface area contributed by atoms with Gasteiger partial charge in [0.1, 0.15) is 24.5 Å². The second-order valence-corrected chi connectivity index (χ2v) is 11.2. The first-order chi connectivity index (χ1) is 18.9. The summed E-state index contributed by atoms with van der Waals surface area (Å²) in [6, 6.07) is 4.72. The van der Waals surface area contributed by atoms with Crippen LogP contribution in [0.5, 0.6) is 0 Å². The van der Waals surface area contributed by atoms with E-state index in [1.165, 1.54) is 34.0 Å². The number of hydrogen-bond acceptors (Lipinski definition) is 10. The van der Waals surface area contributed by atoms with Gasteiger partial charge >= 0.3 is 5.97 Å². The van der Waals surface area contributed by atoms with Crippen molar-refractivity contribution in [2.24, 2.45) is 5.16 Å². The van der Waals surface area contributed by atoms with Gasteiger partial charge in [-0.2, -0.15) is 4.57 Å². The van der Waals surface area contributed by atoms with Crippen molar-refractivity contribution < 1.29 is 28.9 Å². The van der Waals surface area contributed by atoms with Crippen LogP contribution in [0.4, 0.5) is 5.13 Å². The van der Waals surface area contributed by atoms with E-state index in [1.807, 2.05) is 24.4 Å². The first-order valence-electron chi connectivity index (χ1n) is 11.6. The van der Waals surface area contributed by atoms with Crippen LogP contribution in [0.1, 0.15) is 5.69 Å². The molecule has 3 aromatic rings. The van der Waals surface area contributed by atoms with Crippen molar-refractivity contribution in [3.63, 3.8) is 0 Å². The molecule has 1 fully saturated rings. The molecule has 0 saturated carbocycles. The number of nitrogen functional groups attached to an aromatic ring is 1. The smallest absolute Gasteiger partial charge is 0.353 e. The van der Waals surface area contributed by atoms with Crippen molar-refractivity contribution in [2.45, 2.75) is 18.6 Å². The van der Waals surface area contributed by atoms with Crippen LogP contribution in [0.15, 0.2) is 75.2 Å². The second-order valence-electron chi connectivity index (χ2n) is 8.38. The number of carbonyl (C=O) groups is 3. The number of nitrogens with two attached hydrogens (primary N) is 1. The number of aromatic nitrogens is 2. The standard InChI is InChI=1S/C25H22N6O5S3/c1-36-29-18(15-12-39-25(26)27-15)21(32)28-19-16-13-38-17(20(24(34)35)31(16)22(19)33)7-3-2-4-9-30-10-5-6-14-8-11-37-23(14)30/h2-8,10-12,16,19H,9,13H2,1H3,(H3-,26,27,28,32,34,35)/p+1/b4-2+,7-3+,29-18+/t16-,19+/m1/s1. The molecule has 11 nitrogen and oxygen atoms in total. The average Bonchev–Trinajstić information content (AvgIpc) is 3.58. The highest BCUT2D eigenvalue weighted by Crippen LogP contribution is 2.39. The second kappa shape index (κ2) is 11.4. The fourth-order valence-electron chi connectivity index (χ4n) is 4.28. The molecule has 14 heteroatoms. The van der Waals surface area contributed by atoms with Crippen LogP contribution in [0, 0.1) is 0 Å². The largest absolute Gasteiger partial charge is 0.477 e. The number of carboxylic acids is 1. The van der Waals surface area contributed by atoms with Gasteiger partial charge in [-0.3, -0.25) is 14.5 Å². The Morgan fingerprint density at radius 2 is 2.21 bits per heavy atom. The third-order valence-electron chi connectivity index (χ3n) is 6.03. The number of anilines is 1. The van der Waals surface area contributed by atoms with Gasteiger partial charge in [0, 0.05) is 22.1 Å². The van der Waals surface area contributed by atoms with Gasteiger partial charge in [-0.25, -0.2) is 9.78 Å². The average molecular weight is 584 g/mol. The highest BCUT2D eigenvalue weighted by atomic mass is 32.2. The van der Waals surface area contributed by atoms with Crippen LogP contribution in [0.3, 0.4) is 0 Å². The van der Waals surface area contributed by atoms with Gasteiger partial charge in [0.05, 0.1) is 11.4 Å². The van der Waals surface area contributed by atoms with Gasteiger partial charge in [0.2, 0.25) is 0 Å². The summed E-state index contributed by atoms with van der Waals surface area (Å²) in [5.41, 5.74) is 5.64. The topological polar surface area (TPSA) is 151 Å². The third-order valence-corrected chi connectivity index (χ3v) is 8.82. The summed E-state index contributed by atoms with van der Waals surface area (Å²) in [6.45, 7) is 0.663. The van der Waals surface area contributed by atoms with E-state index in [-0.39, 0.29) is 22.2 Å². The van der Waals surface area contributed by atoms with Crippen LogP contribution < -0.4 is 15.6 Å². The monoisotopic (exact) mass is 583 g/mol. The molecule has 2 aliphatic heterocycles. The molecule has 1 saturated heterocycles. The van der Waals surface area contributed by atoms with E-state index >= 15 is 0 Å². The predicted molar refractivity (Wildman–Crippen MR) is 150 cm³/mol. The van der Waals surface area contributed by atoms with Gasteiger partial charge in [-0.15, -0.1) is 23.1 Å². The number of thiazole rings is 1. The summed E-state index contributed by atoms with van der Waals surface area (Å²) in [7, 11) is 1.29. The maximum absolute atomic E-state index is 13.0. The number of pyridine rings is 1. The number of carbonyl (C=O) groups excluding carboxylic acids is 2. The van der Waals surface area contributed by atoms with Crippen molar-refractivity contribution in [3.05, 3.63) is 75.8 Å². The van der Waals surface area contributed by atoms with E-state index in [9.17, 15) is 19.5 Å². The molecule has 39 heavy (non-hydrogen) atoms. The molecule has 0 aromatic carbocycles. The fourth-order valence-corrected chi connectivity index (χ4v) is 6.90. The molecule has 0 radical (unpaired) electrons. The minimum atomic E-state index is -1.21. The Kier molecular flexibility index (Phi) is 7.77. The van der Waals surface area contributed by atoms with Crippen molar-refractivity contribution in [3.8, 4) is 0 Å². The van der Waals surface area contributed by atoms with Crippen LogP contribution in [-0.4, -0.2) is 63.4 Å². The zero-order valence-electron chi connectivity index (χ0n) is 20.5. The molecule has 0 unspecified atom stereocenters. The van der Waals surface area contributed by atoms with Gasteiger partial charge < -0.3 is 21.0 Å². The lowest BCUT2D eigenvalue weighted by molar-refractivity contribution is -0.658. The highest BCUT2D eigenvalue weighted by molar-refractivity contribution is 8.03. The Morgan fingerprint density at radius 1 is 1.36 bits per heavy atom. The number of allylic oxidation sites excluding steroid dienone is 4. The molecule has 2 amide bonds. The SMILES string of the molecule is CO/N=C(/C(=O)N[C@@H]1C(=O)N2C(C(=O)O)=C(/C=C/C=C/C[n+]3cccc4ccsc43)SC[C@H]12)c1csc(N)n1. The number of fused-ring (bicyclic) bond motifs is 2. The number of thioether (sulfide) groups is 1. The summed E-state index contributed by atoms with van der Waals surface area (Å²) < 4.78 is 2.13. The van der Waals surface area contributed by atoms with Gasteiger partial charge in [0.25, 0.3) is 16.6 Å². The van der Waals surface area contributed by atoms with Gasteiger partial charge in [0.15, 0.2) is 23.6 Å². The molecule has 2 aliphatic rings. The number of rotatable bonds is 9.